The van der Waals surface area contributed by atoms with Gasteiger partial charge in [0.2, 0.25) is 12.3 Å². The highest BCUT2D eigenvalue weighted by atomic mass is 16.5. The molecular weight excluding hydrogens is 212 g/mol. The monoisotopic (exact) mass is 228 g/mol. The highest BCUT2D eigenvalue weighted by molar-refractivity contribution is 5.81. The quantitative estimate of drug-likeness (QED) is 0.468. The Bertz CT molecular complexity index is 272. The summed E-state index contributed by atoms with van der Waals surface area (Å²) in [7, 11) is 1.30. The van der Waals surface area contributed by atoms with Crippen molar-refractivity contribution in [1.29, 1.82) is 0 Å². The van der Waals surface area contributed by atoms with Crippen LogP contribution in [0.25, 0.3) is 0 Å². The molecule has 0 spiro atoms. The highest BCUT2D eigenvalue weighted by Crippen LogP contribution is 2.04. The van der Waals surface area contributed by atoms with Crippen molar-refractivity contribution in [1.82, 2.24) is 9.80 Å². The molecule has 1 fully saturated rings. The molecule has 1 saturated heterocycles. The number of esters is 1. The second-order valence-electron chi connectivity index (χ2n) is 3.60. The lowest BCUT2D eigenvalue weighted by atomic mass is 10.2. The number of amides is 2. The molecule has 6 heteroatoms. The van der Waals surface area contributed by atoms with E-state index < -0.39 is 0 Å². The zero-order valence-electron chi connectivity index (χ0n) is 9.35. The van der Waals surface area contributed by atoms with Crippen molar-refractivity contribution in [2.24, 2.45) is 0 Å². The molecule has 0 unspecified atom stereocenters. The highest BCUT2D eigenvalue weighted by Gasteiger charge is 2.20. The minimum Gasteiger partial charge on any atom is -0.469 e. The van der Waals surface area contributed by atoms with Gasteiger partial charge in [-0.3, -0.25) is 14.4 Å². The Kier molecular flexibility index (Phi) is 4.75. The predicted molar refractivity (Wildman–Crippen MR) is 55.5 cm³/mol. The molecular formula is C10H16N2O4. The SMILES string of the molecule is COC(=O)CCC(=O)N1CCN(C=O)CC1. The summed E-state index contributed by atoms with van der Waals surface area (Å²) in [6.45, 7) is 2.21. The molecule has 0 radical (unpaired) electrons. The number of nitrogens with zero attached hydrogens (tertiary/aromatic N) is 2. The number of carbonyl (C=O) groups excluding carboxylic acids is 3. The van der Waals surface area contributed by atoms with Crippen molar-refractivity contribution in [2.75, 3.05) is 33.3 Å². The van der Waals surface area contributed by atoms with E-state index in [4.69, 9.17) is 0 Å². The third-order valence-electron chi connectivity index (χ3n) is 2.59. The molecule has 0 N–H and O–H groups in total. The van der Waals surface area contributed by atoms with E-state index in [-0.39, 0.29) is 24.7 Å². The molecule has 0 saturated carbocycles. The summed E-state index contributed by atoms with van der Waals surface area (Å²) in [6.07, 6.45) is 1.08. The van der Waals surface area contributed by atoms with Crippen LogP contribution >= 0.6 is 0 Å². The van der Waals surface area contributed by atoms with Gasteiger partial charge in [0.25, 0.3) is 0 Å². The first-order valence-electron chi connectivity index (χ1n) is 5.21. The van der Waals surface area contributed by atoms with Crippen molar-refractivity contribution >= 4 is 18.3 Å². The van der Waals surface area contributed by atoms with E-state index in [2.05, 4.69) is 4.74 Å². The fourth-order valence-electron chi connectivity index (χ4n) is 1.55. The van der Waals surface area contributed by atoms with Gasteiger partial charge in [-0.15, -0.1) is 0 Å². The second-order valence-corrected chi connectivity index (χ2v) is 3.60. The van der Waals surface area contributed by atoms with Gasteiger partial charge in [0.15, 0.2) is 0 Å². The maximum Gasteiger partial charge on any atom is 0.306 e. The molecule has 1 rings (SSSR count). The summed E-state index contributed by atoms with van der Waals surface area (Å²) >= 11 is 0. The Morgan fingerprint density at radius 1 is 1.19 bits per heavy atom. The van der Waals surface area contributed by atoms with Crippen LogP contribution in [-0.4, -0.2) is 61.4 Å². The van der Waals surface area contributed by atoms with Crippen LogP contribution in [0.2, 0.25) is 0 Å². The summed E-state index contributed by atoms with van der Waals surface area (Å²) in [6, 6.07) is 0. The number of methoxy groups -OCH3 is 1. The van der Waals surface area contributed by atoms with Gasteiger partial charge in [-0.25, -0.2) is 0 Å². The van der Waals surface area contributed by atoms with Gasteiger partial charge in [-0.2, -0.15) is 0 Å². The predicted octanol–water partition coefficient (Wildman–Crippen LogP) is -0.760. The number of ether oxygens (including phenoxy) is 1. The number of hydrogen-bond donors (Lipinski definition) is 0. The summed E-state index contributed by atoms with van der Waals surface area (Å²) < 4.78 is 4.46. The number of carbonyl (C=O) groups is 3. The van der Waals surface area contributed by atoms with Gasteiger partial charge in [0, 0.05) is 32.6 Å². The molecule has 16 heavy (non-hydrogen) atoms. The minimum absolute atomic E-state index is 0.0593. The first kappa shape index (κ1) is 12.5. The van der Waals surface area contributed by atoms with Gasteiger partial charge in [0.05, 0.1) is 13.5 Å². The smallest absolute Gasteiger partial charge is 0.306 e. The number of hydrogen-bond acceptors (Lipinski definition) is 4. The van der Waals surface area contributed by atoms with Crippen LogP contribution in [0, 0.1) is 0 Å². The largest absolute Gasteiger partial charge is 0.469 e. The summed E-state index contributed by atoms with van der Waals surface area (Å²) in [5.41, 5.74) is 0. The van der Waals surface area contributed by atoms with Gasteiger partial charge >= 0.3 is 5.97 Å². The van der Waals surface area contributed by atoms with Gasteiger partial charge < -0.3 is 14.5 Å². The molecule has 2 amide bonds. The summed E-state index contributed by atoms with van der Waals surface area (Å²) in [5, 5.41) is 0. The third kappa shape index (κ3) is 3.52. The lowest BCUT2D eigenvalue weighted by Crippen LogP contribution is -2.48. The van der Waals surface area contributed by atoms with Crippen molar-refractivity contribution in [2.45, 2.75) is 12.8 Å². The van der Waals surface area contributed by atoms with Gasteiger partial charge in [0.1, 0.15) is 0 Å². The fraction of sp³-hybridized carbons (Fsp3) is 0.700. The second kappa shape index (κ2) is 6.09. The Labute approximate surface area is 94.1 Å². The molecule has 1 heterocycles. The normalized spacial score (nSPS) is 15.8. The Hall–Kier alpha value is -1.59. The molecule has 0 aromatic carbocycles. The zero-order valence-corrected chi connectivity index (χ0v) is 9.35. The van der Waals surface area contributed by atoms with Crippen LogP contribution in [-0.2, 0) is 19.1 Å². The lowest BCUT2D eigenvalue weighted by Gasteiger charge is -2.32. The molecule has 0 atom stereocenters. The maximum atomic E-state index is 11.6. The van der Waals surface area contributed by atoms with E-state index in [0.29, 0.717) is 26.2 Å². The molecule has 90 valence electrons. The van der Waals surface area contributed by atoms with E-state index in [1.807, 2.05) is 0 Å². The van der Waals surface area contributed by atoms with Crippen LogP contribution in [0.4, 0.5) is 0 Å². The first-order chi connectivity index (χ1) is 7.67. The Morgan fingerprint density at radius 3 is 2.31 bits per heavy atom. The number of rotatable bonds is 4. The molecule has 0 aromatic heterocycles. The summed E-state index contributed by atoms with van der Waals surface area (Å²) in [5.74, 6) is -0.434. The molecule has 0 bridgehead atoms. The van der Waals surface area contributed by atoms with Crippen LogP contribution in [0.5, 0.6) is 0 Å². The van der Waals surface area contributed by atoms with Crippen LogP contribution in [0.3, 0.4) is 0 Å². The minimum atomic E-state index is -0.375. The average molecular weight is 228 g/mol. The van der Waals surface area contributed by atoms with E-state index in [0.717, 1.165) is 6.41 Å². The van der Waals surface area contributed by atoms with Crippen molar-refractivity contribution in [3.63, 3.8) is 0 Å². The molecule has 1 aliphatic heterocycles. The van der Waals surface area contributed by atoms with E-state index in [1.54, 1.807) is 9.80 Å². The van der Waals surface area contributed by atoms with Crippen LogP contribution in [0.1, 0.15) is 12.8 Å². The molecule has 6 nitrogen and oxygen atoms in total. The standard InChI is InChI=1S/C10H16N2O4/c1-16-10(15)3-2-9(14)12-6-4-11(8-13)5-7-12/h8H,2-7H2,1H3. The van der Waals surface area contributed by atoms with E-state index >= 15 is 0 Å². The van der Waals surface area contributed by atoms with Gasteiger partial charge in [-0.1, -0.05) is 0 Å². The maximum absolute atomic E-state index is 11.6. The van der Waals surface area contributed by atoms with Gasteiger partial charge in [-0.05, 0) is 0 Å². The summed E-state index contributed by atoms with van der Waals surface area (Å²) in [4.78, 5) is 36.2. The third-order valence-corrected chi connectivity index (χ3v) is 2.59. The van der Waals surface area contributed by atoms with E-state index in [9.17, 15) is 14.4 Å². The molecule has 1 aliphatic rings. The van der Waals surface area contributed by atoms with Crippen LogP contribution in [0.15, 0.2) is 0 Å². The zero-order chi connectivity index (χ0) is 12.0. The van der Waals surface area contributed by atoms with E-state index in [1.165, 1.54) is 7.11 Å². The lowest BCUT2D eigenvalue weighted by molar-refractivity contribution is -0.144. The average Bonchev–Trinajstić information content (AvgIpc) is 2.35. The van der Waals surface area contributed by atoms with Crippen molar-refractivity contribution < 1.29 is 19.1 Å². The Morgan fingerprint density at radius 2 is 1.81 bits per heavy atom. The van der Waals surface area contributed by atoms with Crippen molar-refractivity contribution in [3.05, 3.63) is 0 Å². The van der Waals surface area contributed by atoms with Crippen LogP contribution < -0.4 is 0 Å². The Balaban J connectivity index is 2.28. The topological polar surface area (TPSA) is 66.9 Å². The van der Waals surface area contributed by atoms with Crippen molar-refractivity contribution in [3.8, 4) is 0 Å². The molecule has 0 aromatic rings. The first-order valence-corrected chi connectivity index (χ1v) is 5.21. The fourth-order valence-corrected chi connectivity index (χ4v) is 1.55. The molecule has 0 aliphatic carbocycles. The number of piperazine rings is 1.